The minimum atomic E-state index is -0.214. The number of hydrogen-bond donors (Lipinski definition) is 2. The van der Waals surface area contributed by atoms with Gasteiger partial charge in [-0.25, -0.2) is 0 Å². The van der Waals surface area contributed by atoms with Crippen LogP contribution in [0.4, 0.5) is 0 Å². The molecule has 22 heavy (non-hydrogen) atoms. The second-order valence-electron chi connectivity index (χ2n) is 6.69. The number of nitrogens with zero attached hydrogens (tertiary/aromatic N) is 1. The summed E-state index contributed by atoms with van der Waals surface area (Å²) < 4.78 is 0.930. The number of carbonyl (C=O) groups excluding carboxylic acids is 1. The molecule has 0 unspecified atom stereocenters. The molecule has 0 spiro atoms. The minimum Gasteiger partial charge on any atom is -0.507 e. The maximum atomic E-state index is 12.2. The molecule has 0 saturated heterocycles. The van der Waals surface area contributed by atoms with Gasteiger partial charge in [-0.1, -0.05) is 24.3 Å². The van der Waals surface area contributed by atoms with Crippen LogP contribution in [-0.4, -0.2) is 49.7 Å². The first-order chi connectivity index (χ1) is 10.4. The molecule has 2 aromatic carbocycles. The zero-order chi connectivity index (χ0) is 16.2. The predicted molar refractivity (Wildman–Crippen MR) is 90.1 cm³/mol. The van der Waals surface area contributed by atoms with E-state index in [-0.39, 0.29) is 11.7 Å². The van der Waals surface area contributed by atoms with Gasteiger partial charge in [-0.2, -0.15) is 0 Å². The number of nitrogens with one attached hydrogen (secondary N) is 1. The number of unbranched alkanes of at least 4 members (excludes halogenated alkanes) is 1. The summed E-state index contributed by atoms with van der Waals surface area (Å²) in [5.41, 5.74) is 0.338. The first-order valence-corrected chi connectivity index (χ1v) is 7.67. The van der Waals surface area contributed by atoms with E-state index in [0.717, 1.165) is 34.6 Å². The van der Waals surface area contributed by atoms with Crippen LogP contribution in [0.3, 0.4) is 0 Å². The molecule has 2 N–H and O–H groups in total. The first-order valence-electron chi connectivity index (χ1n) is 7.67. The lowest BCUT2D eigenvalue weighted by Gasteiger charge is -2.23. The molecule has 0 aromatic heterocycles. The summed E-state index contributed by atoms with van der Waals surface area (Å²) in [7, 11) is 6.48. The molecule has 2 aromatic rings. The first kappa shape index (κ1) is 16.3. The highest BCUT2D eigenvalue weighted by Crippen LogP contribution is 2.24. The third-order valence-corrected chi connectivity index (χ3v) is 3.65. The number of quaternary nitrogens is 1. The number of amides is 1. The van der Waals surface area contributed by atoms with Crippen molar-refractivity contribution in [3.05, 3.63) is 42.0 Å². The van der Waals surface area contributed by atoms with Gasteiger partial charge in [-0.05, 0) is 35.7 Å². The molecule has 0 aliphatic carbocycles. The van der Waals surface area contributed by atoms with Crippen LogP contribution < -0.4 is 5.32 Å². The normalized spacial score (nSPS) is 11.6. The molecule has 4 nitrogen and oxygen atoms in total. The fourth-order valence-corrected chi connectivity index (χ4v) is 2.42. The smallest absolute Gasteiger partial charge is 0.255 e. The SMILES string of the molecule is C[N+](C)(C)CCCCNC(=O)c1cc2ccccc2cc1O. The fraction of sp³-hybridized carbons (Fsp3) is 0.389. The van der Waals surface area contributed by atoms with Crippen molar-refractivity contribution in [2.45, 2.75) is 12.8 Å². The van der Waals surface area contributed by atoms with Gasteiger partial charge >= 0.3 is 0 Å². The van der Waals surface area contributed by atoms with Gasteiger partial charge in [0.1, 0.15) is 5.75 Å². The van der Waals surface area contributed by atoms with Crippen LogP contribution in [0.25, 0.3) is 10.8 Å². The number of aromatic hydroxyl groups is 1. The van der Waals surface area contributed by atoms with E-state index in [0.29, 0.717) is 12.1 Å². The van der Waals surface area contributed by atoms with Crippen molar-refractivity contribution in [3.63, 3.8) is 0 Å². The quantitative estimate of drug-likeness (QED) is 0.637. The van der Waals surface area contributed by atoms with Gasteiger partial charge in [0, 0.05) is 6.54 Å². The highest BCUT2D eigenvalue weighted by molar-refractivity contribution is 6.01. The molecule has 2 rings (SSSR count). The Bertz CT molecular complexity index is 660. The van der Waals surface area contributed by atoms with Crippen molar-refractivity contribution in [2.24, 2.45) is 0 Å². The average molecular weight is 301 g/mol. The number of phenols is 1. The average Bonchev–Trinajstić information content (AvgIpc) is 2.44. The molecule has 118 valence electrons. The van der Waals surface area contributed by atoms with Crippen molar-refractivity contribution in [3.8, 4) is 5.75 Å². The van der Waals surface area contributed by atoms with E-state index in [9.17, 15) is 9.90 Å². The van der Waals surface area contributed by atoms with Crippen LogP contribution in [0.1, 0.15) is 23.2 Å². The Hall–Kier alpha value is -2.07. The van der Waals surface area contributed by atoms with Crippen LogP contribution in [0.2, 0.25) is 0 Å². The number of rotatable bonds is 6. The Morgan fingerprint density at radius 1 is 1.09 bits per heavy atom. The summed E-state index contributed by atoms with van der Waals surface area (Å²) in [5.74, 6) is -0.184. The molecule has 0 fully saturated rings. The molecule has 1 amide bonds. The van der Waals surface area contributed by atoms with Gasteiger partial charge in [0.2, 0.25) is 0 Å². The van der Waals surface area contributed by atoms with Crippen LogP contribution >= 0.6 is 0 Å². The van der Waals surface area contributed by atoms with Crippen LogP contribution in [0.15, 0.2) is 36.4 Å². The standard InChI is InChI=1S/C18H24N2O2/c1-20(2,3)11-7-6-10-19-18(22)16-12-14-8-4-5-9-15(14)13-17(16)21/h4-5,8-9,12-13H,6-7,10-11H2,1-3H3,(H-,19,21,22)/p+1. The predicted octanol–water partition coefficient (Wildman–Crippen LogP) is 2.76. The summed E-state index contributed by atoms with van der Waals surface area (Å²) in [6, 6.07) is 11.1. The van der Waals surface area contributed by atoms with Gasteiger partial charge < -0.3 is 14.9 Å². The van der Waals surface area contributed by atoms with E-state index in [1.54, 1.807) is 12.1 Å². The summed E-state index contributed by atoms with van der Waals surface area (Å²) in [5, 5.41) is 14.8. The molecule has 0 atom stereocenters. The lowest BCUT2D eigenvalue weighted by molar-refractivity contribution is -0.870. The number of fused-ring (bicyclic) bond motifs is 1. The maximum Gasteiger partial charge on any atom is 0.255 e. The number of benzene rings is 2. The maximum absolute atomic E-state index is 12.2. The molecule has 0 aliphatic rings. The third-order valence-electron chi connectivity index (χ3n) is 3.65. The van der Waals surface area contributed by atoms with Gasteiger partial charge in [0.25, 0.3) is 5.91 Å². The van der Waals surface area contributed by atoms with Crippen molar-refractivity contribution in [2.75, 3.05) is 34.2 Å². The minimum absolute atomic E-state index is 0.0301. The van der Waals surface area contributed by atoms with Crippen molar-refractivity contribution >= 4 is 16.7 Å². The lowest BCUT2D eigenvalue weighted by atomic mass is 10.1. The largest absolute Gasteiger partial charge is 0.507 e. The van der Waals surface area contributed by atoms with Crippen molar-refractivity contribution in [1.82, 2.24) is 5.32 Å². The van der Waals surface area contributed by atoms with Crippen molar-refractivity contribution < 1.29 is 14.4 Å². The molecule has 0 saturated carbocycles. The fourth-order valence-electron chi connectivity index (χ4n) is 2.42. The van der Waals surface area contributed by atoms with Gasteiger partial charge in [0.05, 0.1) is 33.3 Å². The number of phenolic OH excluding ortho intramolecular Hbond substituents is 1. The van der Waals surface area contributed by atoms with Crippen LogP contribution in [-0.2, 0) is 0 Å². The molecule has 0 heterocycles. The van der Waals surface area contributed by atoms with E-state index in [1.807, 2.05) is 24.3 Å². The third kappa shape index (κ3) is 4.46. The van der Waals surface area contributed by atoms with Crippen molar-refractivity contribution in [1.29, 1.82) is 0 Å². The highest BCUT2D eigenvalue weighted by Gasteiger charge is 2.12. The van der Waals surface area contributed by atoms with Gasteiger partial charge in [-0.3, -0.25) is 4.79 Å². The van der Waals surface area contributed by atoms with Gasteiger partial charge in [-0.15, -0.1) is 0 Å². The Balaban J connectivity index is 1.94. The highest BCUT2D eigenvalue weighted by atomic mass is 16.3. The summed E-state index contributed by atoms with van der Waals surface area (Å²) in [6.45, 7) is 1.71. The molecule has 0 aliphatic heterocycles. The number of carbonyl (C=O) groups is 1. The topological polar surface area (TPSA) is 49.3 Å². The molecule has 0 bridgehead atoms. The van der Waals surface area contributed by atoms with E-state index in [1.165, 1.54) is 0 Å². The molecular weight excluding hydrogens is 276 g/mol. The summed E-state index contributed by atoms with van der Waals surface area (Å²) in [6.07, 6.45) is 2.00. The summed E-state index contributed by atoms with van der Waals surface area (Å²) >= 11 is 0. The second-order valence-corrected chi connectivity index (χ2v) is 6.69. The zero-order valence-electron chi connectivity index (χ0n) is 13.6. The Labute approximate surface area is 132 Å². The van der Waals surface area contributed by atoms with E-state index < -0.39 is 0 Å². The Morgan fingerprint density at radius 2 is 1.73 bits per heavy atom. The number of hydrogen-bond acceptors (Lipinski definition) is 2. The molecule has 0 radical (unpaired) electrons. The second kappa shape index (κ2) is 6.79. The van der Waals surface area contributed by atoms with E-state index >= 15 is 0 Å². The molecular formula is C18H25N2O2+. The summed E-state index contributed by atoms with van der Waals surface area (Å²) in [4.78, 5) is 12.2. The van der Waals surface area contributed by atoms with Gasteiger partial charge in [0.15, 0.2) is 0 Å². The van der Waals surface area contributed by atoms with Crippen LogP contribution in [0, 0.1) is 0 Å². The monoisotopic (exact) mass is 301 g/mol. The Kier molecular flexibility index (Phi) is 5.03. The van der Waals surface area contributed by atoms with E-state index in [4.69, 9.17) is 0 Å². The lowest BCUT2D eigenvalue weighted by Crippen LogP contribution is -2.35. The van der Waals surface area contributed by atoms with Crippen LogP contribution in [0.5, 0.6) is 5.75 Å². The molecule has 4 heteroatoms. The Morgan fingerprint density at radius 3 is 2.36 bits per heavy atom. The zero-order valence-corrected chi connectivity index (χ0v) is 13.6. The van der Waals surface area contributed by atoms with E-state index in [2.05, 4.69) is 26.5 Å².